The van der Waals surface area contributed by atoms with E-state index in [1.807, 2.05) is 0 Å². The number of hydrogen-bond donors (Lipinski definition) is 0. The highest BCUT2D eigenvalue weighted by Crippen LogP contribution is 1.92. The molecule has 0 N–H and O–H groups in total. The summed E-state index contributed by atoms with van der Waals surface area (Å²) in [6, 6.07) is 0. The third kappa shape index (κ3) is 2.88. The first-order valence-corrected chi connectivity index (χ1v) is 3.55. The molecule has 0 atom stereocenters. The first-order valence-electron chi connectivity index (χ1n) is 3.55. The molecule has 0 aliphatic heterocycles. The van der Waals surface area contributed by atoms with Gasteiger partial charge in [-0.05, 0) is 12.8 Å². The molecule has 0 aromatic carbocycles. The summed E-state index contributed by atoms with van der Waals surface area (Å²) in [5, 5.41) is 6.67. The maximum absolute atomic E-state index is 9.68. The normalized spacial score (nSPS) is 9.82. The molecule has 0 saturated carbocycles. The van der Waals surface area contributed by atoms with Crippen molar-refractivity contribution >= 4 is 0 Å². The second kappa shape index (κ2) is 4.54. The average Bonchev–Trinajstić information content (AvgIpc) is 2.50. The van der Waals surface area contributed by atoms with E-state index in [-0.39, 0.29) is 0 Å². The van der Waals surface area contributed by atoms with Crippen LogP contribution in [0.1, 0.15) is 12.8 Å². The molecule has 1 aromatic rings. The van der Waals surface area contributed by atoms with E-state index in [9.17, 15) is 4.91 Å². The number of nitroso groups, excluding NO2 is 1. The van der Waals surface area contributed by atoms with Crippen LogP contribution < -0.4 is 0 Å². The quantitative estimate of drug-likeness (QED) is 0.466. The number of aryl methyl sites for hydroxylation is 1. The number of nitrogens with zero attached hydrogens (tertiary/aromatic N) is 4. The third-order valence-corrected chi connectivity index (χ3v) is 1.35. The summed E-state index contributed by atoms with van der Waals surface area (Å²) in [5.74, 6) is 0. The fourth-order valence-corrected chi connectivity index (χ4v) is 0.798. The summed E-state index contributed by atoms with van der Waals surface area (Å²) in [6.07, 6.45) is 4.91. The Morgan fingerprint density at radius 3 is 3.00 bits per heavy atom. The second-order valence-electron chi connectivity index (χ2n) is 2.22. The van der Waals surface area contributed by atoms with Gasteiger partial charge in [-0.2, -0.15) is 10.0 Å². The molecule has 0 amide bonds. The Morgan fingerprint density at radius 1 is 1.45 bits per heavy atom. The van der Waals surface area contributed by atoms with Crippen LogP contribution in [0.4, 0.5) is 0 Å². The smallest absolute Gasteiger partial charge is 0.137 e. The van der Waals surface area contributed by atoms with Crippen LogP contribution in [-0.4, -0.2) is 21.3 Å². The Labute approximate surface area is 64.4 Å². The molecule has 1 rings (SSSR count). The van der Waals surface area contributed by atoms with Crippen LogP contribution in [0.25, 0.3) is 0 Å². The van der Waals surface area contributed by atoms with E-state index in [0.29, 0.717) is 6.54 Å². The van der Waals surface area contributed by atoms with Crippen LogP contribution in [0.5, 0.6) is 0 Å². The molecule has 0 spiro atoms. The predicted molar refractivity (Wildman–Crippen MR) is 39.9 cm³/mol. The van der Waals surface area contributed by atoms with E-state index in [2.05, 4.69) is 15.3 Å². The minimum atomic E-state index is 0.398. The largest absolute Gasteiger partial charge is 0.253 e. The van der Waals surface area contributed by atoms with Gasteiger partial charge in [-0.1, -0.05) is 5.18 Å². The highest BCUT2D eigenvalue weighted by atomic mass is 16.3. The van der Waals surface area contributed by atoms with Gasteiger partial charge in [0.25, 0.3) is 0 Å². The highest BCUT2D eigenvalue weighted by Gasteiger charge is 1.90. The van der Waals surface area contributed by atoms with Crippen LogP contribution in [0.3, 0.4) is 0 Å². The zero-order valence-electron chi connectivity index (χ0n) is 6.18. The lowest BCUT2D eigenvalue weighted by Gasteiger charge is -1.96. The Kier molecular flexibility index (Phi) is 3.24. The molecule has 0 radical (unpaired) electrons. The number of unbranched alkanes of at least 4 members (excludes halogenated alkanes) is 1. The van der Waals surface area contributed by atoms with Gasteiger partial charge in [-0.3, -0.25) is 4.68 Å². The van der Waals surface area contributed by atoms with E-state index in [4.69, 9.17) is 0 Å². The SMILES string of the molecule is O=NCCCCn1cncn1. The molecule has 0 unspecified atom stereocenters. The first kappa shape index (κ1) is 7.84. The molecule has 0 bridgehead atoms. The molecule has 0 fully saturated rings. The van der Waals surface area contributed by atoms with Gasteiger partial charge >= 0.3 is 0 Å². The van der Waals surface area contributed by atoms with E-state index in [1.54, 1.807) is 11.0 Å². The minimum absolute atomic E-state index is 0.398. The minimum Gasteiger partial charge on any atom is -0.253 e. The molecule has 0 aliphatic carbocycles. The zero-order chi connectivity index (χ0) is 7.94. The van der Waals surface area contributed by atoms with Crippen molar-refractivity contribution in [1.82, 2.24) is 14.8 Å². The lowest BCUT2D eigenvalue weighted by atomic mass is 10.3. The monoisotopic (exact) mass is 154 g/mol. The molecule has 0 saturated heterocycles. The second-order valence-corrected chi connectivity index (χ2v) is 2.22. The fraction of sp³-hybridized carbons (Fsp3) is 0.667. The maximum Gasteiger partial charge on any atom is 0.137 e. The average molecular weight is 154 g/mol. The van der Waals surface area contributed by atoms with Gasteiger partial charge in [0.2, 0.25) is 0 Å². The standard InChI is InChI=1S/C6H10N4O/c11-9-3-1-2-4-10-6-7-5-8-10/h5-6H,1-4H2. The number of hydrogen-bond acceptors (Lipinski definition) is 4. The van der Waals surface area contributed by atoms with Crippen molar-refractivity contribution in [3.05, 3.63) is 17.6 Å². The number of rotatable bonds is 5. The van der Waals surface area contributed by atoms with Gasteiger partial charge in [-0.25, -0.2) is 4.98 Å². The molecule has 1 heterocycles. The highest BCUT2D eigenvalue weighted by molar-refractivity contribution is 4.56. The summed E-state index contributed by atoms with van der Waals surface area (Å²) in [6.45, 7) is 1.21. The summed E-state index contributed by atoms with van der Waals surface area (Å²) in [7, 11) is 0. The van der Waals surface area contributed by atoms with Crippen molar-refractivity contribution < 1.29 is 0 Å². The van der Waals surface area contributed by atoms with E-state index < -0.39 is 0 Å². The van der Waals surface area contributed by atoms with Crippen LogP contribution in [0.15, 0.2) is 17.8 Å². The lowest BCUT2D eigenvalue weighted by Crippen LogP contribution is -1.98. The van der Waals surface area contributed by atoms with Crippen LogP contribution in [0, 0.1) is 4.91 Å². The summed E-state index contributed by atoms with van der Waals surface area (Å²) in [5.41, 5.74) is 0. The van der Waals surface area contributed by atoms with Gasteiger partial charge in [-0.15, -0.1) is 0 Å². The van der Waals surface area contributed by atoms with Crippen molar-refractivity contribution in [1.29, 1.82) is 0 Å². The van der Waals surface area contributed by atoms with Crippen molar-refractivity contribution in [3.8, 4) is 0 Å². The zero-order valence-corrected chi connectivity index (χ0v) is 6.18. The lowest BCUT2D eigenvalue weighted by molar-refractivity contribution is 0.560. The fourth-order valence-electron chi connectivity index (χ4n) is 0.798. The Hall–Kier alpha value is -1.26. The molecule has 0 aliphatic rings. The van der Waals surface area contributed by atoms with Crippen LogP contribution in [-0.2, 0) is 6.54 Å². The van der Waals surface area contributed by atoms with Crippen molar-refractivity contribution in [2.75, 3.05) is 6.54 Å². The van der Waals surface area contributed by atoms with Gasteiger partial charge in [0, 0.05) is 6.54 Å². The third-order valence-electron chi connectivity index (χ3n) is 1.35. The van der Waals surface area contributed by atoms with Crippen molar-refractivity contribution in [3.63, 3.8) is 0 Å². The topological polar surface area (TPSA) is 60.1 Å². The summed E-state index contributed by atoms with van der Waals surface area (Å²) < 4.78 is 1.74. The van der Waals surface area contributed by atoms with E-state index in [1.165, 1.54) is 6.33 Å². The molecule has 5 heteroatoms. The molecular formula is C6H10N4O. The first-order chi connectivity index (χ1) is 5.43. The van der Waals surface area contributed by atoms with Crippen LogP contribution >= 0.6 is 0 Å². The molecule has 1 aromatic heterocycles. The van der Waals surface area contributed by atoms with Crippen LogP contribution in [0.2, 0.25) is 0 Å². The molecule has 60 valence electrons. The van der Waals surface area contributed by atoms with Crippen molar-refractivity contribution in [2.24, 2.45) is 5.18 Å². The Morgan fingerprint density at radius 2 is 2.36 bits per heavy atom. The molecule has 5 nitrogen and oxygen atoms in total. The molecule has 11 heavy (non-hydrogen) atoms. The summed E-state index contributed by atoms with van der Waals surface area (Å²) >= 11 is 0. The van der Waals surface area contributed by atoms with Gasteiger partial charge in [0.15, 0.2) is 0 Å². The number of aromatic nitrogens is 3. The summed E-state index contributed by atoms with van der Waals surface area (Å²) in [4.78, 5) is 13.5. The van der Waals surface area contributed by atoms with Crippen molar-refractivity contribution in [2.45, 2.75) is 19.4 Å². The maximum atomic E-state index is 9.68. The van der Waals surface area contributed by atoms with Gasteiger partial charge < -0.3 is 0 Å². The Balaban J connectivity index is 2.09. The van der Waals surface area contributed by atoms with Gasteiger partial charge in [0.05, 0.1) is 6.54 Å². The Bertz CT molecular complexity index is 196. The van der Waals surface area contributed by atoms with Gasteiger partial charge in [0.1, 0.15) is 12.7 Å². The van der Waals surface area contributed by atoms with E-state index >= 15 is 0 Å². The molecular weight excluding hydrogens is 144 g/mol. The van der Waals surface area contributed by atoms with E-state index in [0.717, 1.165) is 19.4 Å². The predicted octanol–water partition coefficient (Wildman–Crippen LogP) is 0.825.